The van der Waals surface area contributed by atoms with Crippen LogP contribution in [0, 0.1) is 6.92 Å². The van der Waals surface area contributed by atoms with Gasteiger partial charge in [-0.1, -0.05) is 42.5 Å². The first-order chi connectivity index (χ1) is 8.49. The summed E-state index contributed by atoms with van der Waals surface area (Å²) in [6.07, 6.45) is 3.78. The molecule has 0 aromatic heterocycles. The average Bonchev–Trinajstić information content (AvgIpc) is 2.35. The SMILES string of the molecule is C=C(C)C(=O)CCC(=O)/C=C/c1ccc(C)cc1. The zero-order valence-electron chi connectivity index (χ0n) is 10.9. The number of benzene rings is 1. The van der Waals surface area contributed by atoms with Crippen LogP contribution in [0.15, 0.2) is 42.5 Å². The molecule has 0 aliphatic carbocycles. The summed E-state index contributed by atoms with van der Waals surface area (Å²) in [5, 5.41) is 0. The second-order valence-electron chi connectivity index (χ2n) is 4.41. The topological polar surface area (TPSA) is 34.1 Å². The minimum atomic E-state index is -0.0490. The van der Waals surface area contributed by atoms with Crippen molar-refractivity contribution in [3.8, 4) is 0 Å². The lowest BCUT2D eigenvalue weighted by Gasteiger charge is -1.97. The van der Waals surface area contributed by atoms with E-state index in [0.717, 1.165) is 5.56 Å². The van der Waals surface area contributed by atoms with Gasteiger partial charge in [-0.05, 0) is 31.1 Å². The first-order valence-corrected chi connectivity index (χ1v) is 5.95. The summed E-state index contributed by atoms with van der Waals surface area (Å²) >= 11 is 0. The first kappa shape index (κ1) is 14.1. The molecule has 18 heavy (non-hydrogen) atoms. The molecule has 0 amide bonds. The molecule has 0 radical (unpaired) electrons. The van der Waals surface area contributed by atoms with E-state index in [-0.39, 0.29) is 24.4 Å². The predicted molar refractivity (Wildman–Crippen MR) is 74.3 cm³/mol. The van der Waals surface area contributed by atoms with Crippen molar-refractivity contribution in [3.63, 3.8) is 0 Å². The van der Waals surface area contributed by atoms with Gasteiger partial charge >= 0.3 is 0 Å². The zero-order chi connectivity index (χ0) is 13.5. The van der Waals surface area contributed by atoms with Gasteiger partial charge in [0, 0.05) is 12.8 Å². The Labute approximate surface area is 108 Å². The van der Waals surface area contributed by atoms with E-state index in [1.807, 2.05) is 31.2 Å². The number of Topliss-reactive ketones (excluding diaryl/α,β-unsaturated/α-hetero) is 1. The number of hydrogen-bond acceptors (Lipinski definition) is 2. The van der Waals surface area contributed by atoms with Gasteiger partial charge in [0.15, 0.2) is 11.6 Å². The maximum atomic E-state index is 11.5. The molecule has 0 saturated heterocycles. The maximum absolute atomic E-state index is 11.5. The van der Waals surface area contributed by atoms with Gasteiger partial charge in [-0.15, -0.1) is 0 Å². The maximum Gasteiger partial charge on any atom is 0.158 e. The van der Waals surface area contributed by atoms with Gasteiger partial charge in [-0.3, -0.25) is 9.59 Å². The normalized spacial score (nSPS) is 10.6. The third-order valence-corrected chi connectivity index (χ3v) is 2.61. The van der Waals surface area contributed by atoms with Gasteiger partial charge < -0.3 is 0 Å². The fourth-order valence-corrected chi connectivity index (χ4v) is 1.40. The summed E-state index contributed by atoms with van der Waals surface area (Å²) in [5.74, 6) is -0.0859. The van der Waals surface area contributed by atoms with Crippen molar-refractivity contribution in [3.05, 3.63) is 53.6 Å². The van der Waals surface area contributed by atoms with Gasteiger partial charge in [0.05, 0.1) is 0 Å². The molecule has 0 N–H and O–H groups in total. The van der Waals surface area contributed by atoms with Crippen molar-refractivity contribution < 1.29 is 9.59 Å². The Morgan fingerprint density at radius 3 is 2.33 bits per heavy atom. The van der Waals surface area contributed by atoms with Crippen molar-refractivity contribution in [2.24, 2.45) is 0 Å². The van der Waals surface area contributed by atoms with Gasteiger partial charge in [0.25, 0.3) is 0 Å². The highest BCUT2D eigenvalue weighted by molar-refractivity contribution is 5.99. The summed E-state index contributed by atoms with van der Waals surface area (Å²) < 4.78 is 0. The summed E-state index contributed by atoms with van der Waals surface area (Å²) in [6.45, 7) is 7.23. The number of ketones is 2. The van der Waals surface area contributed by atoms with Crippen molar-refractivity contribution in [1.82, 2.24) is 0 Å². The molecule has 1 rings (SSSR count). The molecule has 0 aliphatic rings. The minimum Gasteiger partial charge on any atom is -0.295 e. The Balaban J connectivity index is 2.47. The van der Waals surface area contributed by atoms with Gasteiger partial charge in [-0.25, -0.2) is 0 Å². The lowest BCUT2D eigenvalue weighted by Crippen LogP contribution is -2.02. The van der Waals surface area contributed by atoms with Crippen LogP contribution >= 0.6 is 0 Å². The number of carbonyl (C=O) groups excluding carboxylic acids is 2. The van der Waals surface area contributed by atoms with Crippen molar-refractivity contribution in [2.75, 3.05) is 0 Å². The summed E-state index contributed by atoms with van der Waals surface area (Å²) in [4.78, 5) is 22.8. The molecule has 0 atom stereocenters. The summed E-state index contributed by atoms with van der Waals surface area (Å²) in [5.41, 5.74) is 2.68. The summed E-state index contributed by atoms with van der Waals surface area (Å²) in [7, 11) is 0. The van der Waals surface area contributed by atoms with Crippen LogP contribution in [0.1, 0.15) is 30.9 Å². The van der Waals surface area contributed by atoms with Crippen LogP contribution in [0.3, 0.4) is 0 Å². The molecule has 94 valence electrons. The van der Waals surface area contributed by atoms with E-state index in [9.17, 15) is 9.59 Å². The minimum absolute atomic E-state index is 0.0369. The third-order valence-electron chi connectivity index (χ3n) is 2.61. The Morgan fingerprint density at radius 2 is 1.78 bits per heavy atom. The molecule has 0 bridgehead atoms. The number of hydrogen-bond donors (Lipinski definition) is 0. The molecule has 2 heteroatoms. The molecule has 1 aromatic carbocycles. The summed E-state index contributed by atoms with van der Waals surface area (Å²) in [6, 6.07) is 7.90. The highest BCUT2D eigenvalue weighted by Gasteiger charge is 2.04. The lowest BCUT2D eigenvalue weighted by atomic mass is 10.1. The molecule has 2 nitrogen and oxygen atoms in total. The Morgan fingerprint density at radius 1 is 1.17 bits per heavy atom. The Bertz CT molecular complexity index is 478. The largest absolute Gasteiger partial charge is 0.295 e. The van der Waals surface area contributed by atoms with Crippen LogP contribution < -0.4 is 0 Å². The van der Waals surface area contributed by atoms with Crippen LogP contribution in [0.25, 0.3) is 6.08 Å². The molecule has 0 spiro atoms. The highest BCUT2D eigenvalue weighted by Crippen LogP contribution is 2.06. The Hall–Kier alpha value is -1.96. The number of carbonyl (C=O) groups is 2. The van der Waals surface area contributed by atoms with E-state index in [1.165, 1.54) is 11.6 Å². The van der Waals surface area contributed by atoms with Gasteiger partial charge in [-0.2, -0.15) is 0 Å². The van der Waals surface area contributed by atoms with E-state index in [4.69, 9.17) is 0 Å². The van der Waals surface area contributed by atoms with E-state index >= 15 is 0 Å². The quantitative estimate of drug-likeness (QED) is 0.715. The van der Waals surface area contributed by atoms with E-state index in [1.54, 1.807) is 13.0 Å². The highest BCUT2D eigenvalue weighted by atomic mass is 16.1. The zero-order valence-corrected chi connectivity index (χ0v) is 10.9. The molecule has 0 heterocycles. The van der Waals surface area contributed by atoms with Gasteiger partial charge in [0.2, 0.25) is 0 Å². The van der Waals surface area contributed by atoms with E-state index < -0.39 is 0 Å². The fourth-order valence-electron chi connectivity index (χ4n) is 1.40. The van der Waals surface area contributed by atoms with Crippen molar-refractivity contribution in [1.29, 1.82) is 0 Å². The second kappa shape index (κ2) is 6.70. The number of aryl methyl sites for hydroxylation is 1. The number of rotatable bonds is 6. The standard InChI is InChI=1S/C16H18O2/c1-12(2)16(18)11-10-15(17)9-8-14-6-4-13(3)5-7-14/h4-9H,1,10-11H2,2-3H3/b9-8+. The third kappa shape index (κ3) is 4.91. The molecule has 0 saturated carbocycles. The molecular formula is C16H18O2. The van der Waals surface area contributed by atoms with Crippen LogP contribution in [0.2, 0.25) is 0 Å². The fraction of sp³-hybridized carbons (Fsp3) is 0.250. The van der Waals surface area contributed by atoms with E-state index in [2.05, 4.69) is 6.58 Å². The lowest BCUT2D eigenvalue weighted by molar-refractivity contribution is -0.120. The number of allylic oxidation sites excluding steroid dienone is 2. The molecule has 1 aromatic rings. The first-order valence-electron chi connectivity index (χ1n) is 5.95. The molecular weight excluding hydrogens is 224 g/mol. The molecule has 0 fully saturated rings. The average molecular weight is 242 g/mol. The van der Waals surface area contributed by atoms with Crippen LogP contribution in [-0.4, -0.2) is 11.6 Å². The Kier molecular flexibility index (Phi) is 5.25. The van der Waals surface area contributed by atoms with Crippen LogP contribution in [0.4, 0.5) is 0 Å². The smallest absolute Gasteiger partial charge is 0.158 e. The van der Waals surface area contributed by atoms with Crippen molar-refractivity contribution >= 4 is 17.6 Å². The predicted octanol–water partition coefficient (Wildman–Crippen LogP) is 3.50. The van der Waals surface area contributed by atoms with Crippen LogP contribution in [-0.2, 0) is 9.59 Å². The van der Waals surface area contributed by atoms with Crippen LogP contribution in [0.5, 0.6) is 0 Å². The molecule has 0 aliphatic heterocycles. The second-order valence-corrected chi connectivity index (χ2v) is 4.41. The van der Waals surface area contributed by atoms with Gasteiger partial charge in [0.1, 0.15) is 0 Å². The van der Waals surface area contributed by atoms with Crippen molar-refractivity contribution in [2.45, 2.75) is 26.7 Å². The monoisotopic (exact) mass is 242 g/mol. The van der Waals surface area contributed by atoms with E-state index in [0.29, 0.717) is 5.57 Å². The molecule has 0 unspecified atom stereocenters.